The molecule has 0 radical (unpaired) electrons. The maximum absolute atomic E-state index is 14.2. The first-order chi connectivity index (χ1) is 21.3. The number of carbonyl (C=O) groups is 3. The van der Waals surface area contributed by atoms with Crippen molar-refractivity contribution in [3.8, 4) is 0 Å². The van der Waals surface area contributed by atoms with Crippen molar-refractivity contribution in [1.82, 2.24) is 15.4 Å². The molecule has 6 rings (SSSR count). The highest BCUT2D eigenvalue weighted by Gasteiger charge is 2.56. The van der Waals surface area contributed by atoms with Gasteiger partial charge in [-0.05, 0) is 48.9 Å². The third-order valence-corrected chi connectivity index (χ3v) is 7.73. The second kappa shape index (κ2) is 11.5. The number of urea groups is 2. The van der Waals surface area contributed by atoms with Crippen molar-refractivity contribution in [2.45, 2.75) is 25.6 Å². The van der Waals surface area contributed by atoms with E-state index >= 15 is 0 Å². The van der Waals surface area contributed by atoms with Gasteiger partial charge in [0.15, 0.2) is 6.17 Å². The Bertz CT molecular complexity index is 1880. The van der Waals surface area contributed by atoms with E-state index < -0.39 is 36.2 Å². The smallest absolute Gasteiger partial charge is 0.347 e. The minimum Gasteiger partial charge on any atom is -0.463 e. The number of benzene rings is 4. The Morgan fingerprint density at radius 3 is 2.32 bits per heavy atom. The molecular formula is C33H30N6O5. The highest BCUT2D eigenvalue weighted by molar-refractivity contribution is 6.07. The molecule has 222 valence electrons. The number of hydrogen-bond donors (Lipinski definition) is 3. The van der Waals surface area contributed by atoms with Gasteiger partial charge in [0.2, 0.25) is 0 Å². The molecule has 5 amide bonds. The largest absolute Gasteiger partial charge is 0.463 e. The summed E-state index contributed by atoms with van der Waals surface area (Å²) < 4.78 is 5.18. The lowest BCUT2D eigenvalue weighted by molar-refractivity contribution is -0.124. The van der Waals surface area contributed by atoms with E-state index in [1.54, 1.807) is 50.2 Å². The SMILES string of the molecule is CC1(C)C(N(O)C(=O)Nc2cccc3ccccc23)N(c2cccc3ccccc23)C(=O)N1CC(=O)N/N=C/c1ccco1. The van der Waals surface area contributed by atoms with E-state index in [9.17, 15) is 19.6 Å². The summed E-state index contributed by atoms with van der Waals surface area (Å²) >= 11 is 0. The minimum atomic E-state index is -1.25. The molecule has 1 aromatic heterocycles. The van der Waals surface area contributed by atoms with Crippen molar-refractivity contribution < 1.29 is 24.0 Å². The monoisotopic (exact) mass is 590 g/mol. The van der Waals surface area contributed by atoms with Crippen LogP contribution in [0.3, 0.4) is 0 Å². The number of anilines is 2. The first-order valence-electron chi connectivity index (χ1n) is 14.0. The van der Waals surface area contributed by atoms with Crippen LogP contribution < -0.4 is 15.6 Å². The minimum absolute atomic E-state index is 0.391. The summed E-state index contributed by atoms with van der Waals surface area (Å²) in [5.74, 6) is -0.129. The number of fused-ring (bicyclic) bond motifs is 2. The van der Waals surface area contributed by atoms with Crippen LogP contribution in [0.2, 0.25) is 0 Å². The lowest BCUT2D eigenvalue weighted by Crippen LogP contribution is -2.58. The fourth-order valence-corrected chi connectivity index (χ4v) is 5.60. The predicted molar refractivity (Wildman–Crippen MR) is 167 cm³/mol. The zero-order chi connectivity index (χ0) is 30.8. The molecule has 0 bridgehead atoms. The normalized spacial score (nSPS) is 16.2. The van der Waals surface area contributed by atoms with Gasteiger partial charge in [-0.1, -0.05) is 72.8 Å². The van der Waals surface area contributed by atoms with Gasteiger partial charge in [0.05, 0.1) is 29.4 Å². The Hall–Kier alpha value is -5.68. The van der Waals surface area contributed by atoms with Gasteiger partial charge < -0.3 is 14.6 Å². The van der Waals surface area contributed by atoms with Gasteiger partial charge in [-0.3, -0.25) is 14.9 Å². The van der Waals surface area contributed by atoms with Crippen LogP contribution in [0.15, 0.2) is 113 Å². The number of nitrogens with one attached hydrogen (secondary N) is 2. The number of hydrazone groups is 1. The number of carbonyl (C=O) groups excluding carboxylic acids is 3. The predicted octanol–water partition coefficient (Wildman–Crippen LogP) is 6.01. The van der Waals surface area contributed by atoms with Crippen LogP contribution in [0.25, 0.3) is 21.5 Å². The average Bonchev–Trinajstić information content (AvgIpc) is 3.61. The summed E-state index contributed by atoms with van der Waals surface area (Å²) in [5.41, 5.74) is 2.13. The van der Waals surface area contributed by atoms with Gasteiger partial charge in [0.1, 0.15) is 12.3 Å². The van der Waals surface area contributed by atoms with Gasteiger partial charge >= 0.3 is 12.1 Å². The van der Waals surface area contributed by atoms with Crippen molar-refractivity contribution in [3.63, 3.8) is 0 Å². The first-order valence-corrected chi connectivity index (χ1v) is 14.0. The topological polar surface area (TPSA) is 131 Å². The van der Waals surface area contributed by atoms with Crippen molar-refractivity contribution in [3.05, 3.63) is 109 Å². The maximum atomic E-state index is 14.2. The fraction of sp³-hybridized carbons (Fsp3) is 0.152. The maximum Gasteiger partial charge on any atom is 0.347 e. The molecule has 1 atom stereocenters. The Labute approximate surface area is 252 Å². The standard InChI is InChI=1S/C33H30N6O5/c1-33(2)30(39(43)31(41)35-27-17-7-12-22-10-3-5-15-25(22)27)38(28-18-8-13-23-11-4-6-16-26(23)28)32(42)37(33)21-29(40)36-34-20-24-14-9-19-44-24/h3-20,30,43H,21H2,1-2H3,(H,35,41)(H,36,40)/b34-20+. The Morgan fingerprint density at radius 2 is 1.59 bits per heavy atom. The first kappa shape index (κ1) is 28.4. The molecule has 0 aliphatic carbocycles. The van der Waals surface area contributed by atoms with Crippen LogP contribution in [-0.2, 0) is 4.79 Å². The molecule has 1 aliphatic rings. The van der Waals surface area contributed by atoms with E-state index in [0.29, 0.717) is 22.2 Å². The number of furan rings is 1. The van der Waals surface area contributed by atoms with E-state index in [1.165, 1.54) is 22.3 Å². The van der Waals surface area contributed by atoms with E-state index in [4.69, 9.17) is 4.42 Å². The van der Waals surface area contributed by atoms with Crippen LogP contribution >= 0.6 is 0 Å². The summed E-state index contributed by atoms with van der Waals surface area (Å²) in [6.45, 7) is 2.99. The number of amides is 5. The molecule has 44 heavy (non-hydrogen) atoms. The van der Waals surface area contributed by atoms with Crippen molar-refractivity contribution >= 4 is 57.1 Å². The lowest BCUT2D eigenvalue weighted by Gasteiger charge is -2.38. The molecule has 0 spiro atoms. The van der Waals surface area contributed by atoms with Gasteiger partial charge in [-0.2, -0.15) is 10.2 Å². The van der Waals surface area contributed by atoms with E-state index in [1.807, 2.05) is 60.7 Å². The number of rotatable bonds is 7. The lowest BCUT2D eigenvalue weighted by atomic mass is 9.99. The summed E-state index contributed by atoms with van der Waals surface area (Å²) in [6.07, 6.45) is 1.59. The number of nitrogens with zero attached hydrogens (tertiary/aromatic N) is 4. The fourth-order valence-electron chi connectivity index (χ4n) is 5.60. The molecule has 1 fully saturated rings. The Kier molecular flexibility index (Phi) is 7.46. The van der Waals surface area contributed by atoms with Crippen LogP contribution in [0.4, 0.5) is 21.0 Å². The van der Waals surface area contributed by atoms with Gasteiger partial charge in [-0.25, -0.2) is 15.0 Å². The zero-order valence-corrected chi connectivity index (χ0v) is 24.0. The molecule has 2 heterocycles. The van der Waals surface area contributed by atoms with Crippen molar-refractivity contribution in [1.29, 1.82) is 0 Å². The second-order valence-electron chi connectivity index (χ2n) is 10.9. The molecule has 1 aliphatic heterocycles. The van der Waals surface area contributed by atoms with Crippen LogP contribution in [0.1, 0.15) is 19.6 Å². The highest BCUT2D eigenvalue weighted by atomic mass is 16.5. The molecule has 4 aromatic carbocycles. The third kappa shape index (κ3) is 5.20. The molecule has 5 aromatic rings. The Balaban J connectivity index is 1.34. The summed E-state index contributed by atoms with van der Waals surface area (Å²) in [6, 6.07) is 27.9. The second-order valence-corrected chi connectivity index (χ2v) is 10.9. The van der Waals surface area contributed by atoms with Gasteiger partial charge in [0.25, 0.3) is 5.91 Å². The summed E-state index contributed by atoms with van der Waals surface area (Å²) in [4.78, 5) is 43.5. The molecule has 11 nitrogen and oxygen atoms in total. The average molecular weight is 591 g/mol. The van der Waals surface area contributed by atoms with E-state index in [-0.39, 0.29) is 0 Å². The number of hydrogen-bond acceptors (Lipinski definition) is 6. The van der Waals surface area contributed by atoms with Crippen molar-refractivity contribution in [2.75, 3.05) is 16.8 Å². The van der Waals surface area contributed by atoms with Gasteiger partial charge in [0, 0.05) is 10.8 Å². The third-order valence-electron chi connectivity index (χ3n) is 7.73. The number of hydroxylamine groups is 2. The molecule has 3 N–H and O–H groups in total. The molecule has 11 heteroatoms. The molecule has 1 saturated heterocycles. The molecule has 0 saturated carbocycles. The van der Waals surface area contributed by atoms with E-state index in [2.05, 4.69) is 15.8 Å². The summed E-state index contributed by atoms with van der Waals surface area (Å²) in [7, 11) is 0. The van der Waals surface area contributed by atoms with Crippen LogP contribution in [-0.4, -0.2) is 57.6 Å². The Morgan fingerprint density at radius 1 is 0.932 bits per heavy atom. The summed E-state index contributed by atoms with van der Waals surface area (Å²) in [5, 5.41) is 22.1. The van der Waals surface area contributed by atoms with Crippen LogP contribution in [0, 0.1) is 0 Å². The van der Waals surface area contributed by atoms with E-state index in [0.717, 1.165) is 21.5 Å². The zero-order valence-electron chi connectivity index (χ0n) is 24.0. The highest BCUT2D eigenvalue weighted by Crippen LogP contribution is 2.40. The molecular weight excluding hydrogens is 560 g/mol. The van der Waals surface area contributed by atoms with Crippen LogP contribution in [0.5, 0.6) is 0 Å². The molecule has 1 unspecified atom stereocenters. The van der Waals surface area contributed by atoms with Crippen molar-refractivity contribution in [2.24, 2.45) is 5.10 Å². The quantitative estimate of drug-likeness (QED) is 0.121. The van der Waals surface area contributed by atoms with Gasteiger partial charge in [-0.15, -0.1) is 0 Å².